The number of benzene rings is 1. The first-order valence-electron chi connectivity index (χ1n) is 4.16. The third-order valence-corrected chi connectivity index (χ3v) is 2.49. The number of aromatic nitrogens is 1. The molecule has 0 amide bonds. The monoisotopic (exact) mass is 219 g/mol. The van der Waals surface area contributed by atoms with Crippen LogP contribution in [-0.4, -0.2) is 4.98 Å². The average molecular weight is 219 g/mol. The highest BCUT2D eigenvalue weighted by Crippen LogP contribution is 2.22. The Morgan fingerprint density at radius 2 is 2.33 bits per heavy atom. The summed E-state index contributed by atoms with van der Waals surface area (Å²) >= 11 is 1.24. The lowest BCUT2D eigenvalue weighted by atomic mass is 10.3. The van der Waals surface area contributed by atoms with Crippen LogP contribution >= 0.6 is 11.3 Å². The predicted molar refractivity (Wildman–Crippen MR) is 56.5 cm³/mol. The molecule has 0 aliphatic carbocycles. The molecule has 15 heavy (non-hydrogen) atoms. The Labute approximate surface area is 89.8 Å². The highest BCUT2D eigenvalue weighted by molar-refractivity contribution is 7.10. The van der Waals surface area contributed by atoms with E-state index in [-0.39, 0.29) is 5.82 Å². The zero-order valence-electron chi connectivity index (χ0n) is 7.57. The molecule has 0 saturated carbocycles. The quantitative estimate of drug-likeness (QED) is 0.844. The van der Waals surface area contributed by atoms with Gasteiger partial charge >= 0.3 is 0 Å². The first-order chi connectivity index (χ1) is 7.29. The molecule has 3 nitrogen and oxygen atoms in total. The van der Waals surface area contributed by atoms with Gasteiger partial charge in [0.05, 0.1) is 5.51 Å². The van der Waals surface area contributed by atoms with Crippen LogP contribution in [0.3, 0.4) is 0 Å². The van der Waals surface area contributed by atoms with Gasteiger partial charge < -0.3 is 5.32 Å². The fraction of sp³-hybridized carbons (Fsp3) is 0. The van der Waals surface area contributed by atoms with Gasteiger partial charge in [-0.3, -0.25) is 0 Å². The van der Waals surface area contributed by atoms with Crippen molar-refractivity contribution in [2.45, 2.75) is 0 Å². The second-order valence-electron chi connectivity index (χ2n) is 2.78. The van der Waals surface area contributed by atoms with E-state index in [1.54, 1.807) is 17.6 Å². The molecule has 1 aromatic carbocycles. The zero-order valence-corrected chi connectivity index (χ0v) is 8.38. The average Bonchev–Trinajstić information content (AvgIpc) is 2.65. The number of halogens is 1. The first-order valence-corrected chi connectivity index (χ1v) is 5.04. The summed E-state index contributed by atoms with van der Waals surface area (Å²) in [7, 11) is 0. The number of thiazole rings is 1. The summed E-state index contributed by atoms with van der Waals surface area (Å²) in [6, 6.07) is 8.02. The van der Waals surface area contributed by atoms with Crippen molar-refractivity contribution in [3.05, 3.63) is 40.5 Å². The van der Waals surface area contributed by atoms with E-state index in [1.165, 1.54) is 23.5 Å². The van der Waals surface area contributed by atoms with E-state index < -0.39 is 0 Å². The van der Waals surface area contributed by atoms with E-state index >= 15 is 0 Å². The summed E-state index contributed by atoms with van der Waals surface area (Å²) < 4.78 is 12.9. The lowest BCUT2D eigenvalue weighted by Gasteiger charge is -2.02. The molecule has 0 atom stereocenters. The molecule has 1 aromatic heterocycles. The zero-order chi connectivity index (χ0) is 10.7. The summed E-state index contributed by atoms with van der Waals surface area (Å²) in [5.41, 5.74) is 2.15. The maximum Gasteiger partial charge on any atom is 0.159 e. The van der Waals surface area contributed by atoms with Gasteiger partial charge in [-0.15, -0.1) is 11.3 Å². The molecule has 2 aromatic rings. The van der Waals surface area contributed by atoms with E-state index in [0.29, 0.717) is 16.4 Å². The van der Waals surface area contributed by atoms with E-state index in [1.807, 2.05) is 6.07 Å². The number of rotatable bonds is 2. The predicted octanol–water partition coefficient (Wildman–Crippen LogP) is 2.90. The van der Waals surface area contributed by atoms with E-state index in [2.05, 4.69) is 10.3 Å². The molecule has 74 valence electrons. The lowest BCUT2D eigenvalue weighted by Crippen LogP contribution is -1.92. The minimum atomic E-state index is -0.325. The third kappa shape index (κ3) is 2.11. The maximum absolute atomic E-state index is 12.9. The van der Waals surface area contributed by atoms with Crippen LogP contribution in [0.5, 0.6) is 0 Å². The molecule has 0 saturated heterocycles. The summed E-state index contributed by atoms with van der Waals surface area (Å²) in [6.07, 6.45) is 0. The molecule has 0 aliphatic heterocycles. The van der Waals surface area contributed by atoms with Crippen molar-refractivity contribution < 1.29 is 4.39 Å². The number of hydrogen-bond donors (Lipinski definition) is 1. The molecule has 0 aliphatic rings. The Balaban J connectivity index is 2.26. The lowest BCUT2D eigenvalue weighted by molar-refractivity contribution is 0.628. The van der Waals surface area contributed by atoms with Crippen LogP contribution in [0.1, 0.15) is 4.88 Å². The molecular formula is C10H6FN3S. The fourth-order valence-corrected chi connectivity index (χ4v) is 1.65. The first kappa shape index (κ1) is 9.62. The van der Waals surface area contributed by atoms with Crippen LogP contribution in [-0.2, 0) is 0 Å². The third-order valence-electron chi connectivity index (χ3n) is 1.76. The summed E-state index contributed by atoms with van der Waals surface area (Å²) in [6.45, 7) is 0. The van der Waals surface area contributed by atoms with Crippen molar-refractivity contribution in [3.8, 4) is 6.07 Å². The minimum absolute atomic E-state index is 0.325. The van der Waals surface area contributed by atoms with E-state index in [0.717, 1.165) is 0 Å². The highest BCUT2D eigenvalue weighted by atomic mass is 32.1. The molecule has 1 N–H and O–H groups in total. The number of hydrogen-bond acceptors (Lipinski definition) is 4. The Bertz CT molecular complexity index is 515. The molecule has 2 rings (SSSR count). The number of nitrogens with one attached hydrogen (secondary N) is 1. The van der Waals surface area contributed by atoms with Crippen molar-refractivity contribution in [2.75, 3.05) is 5.32 Å². The van der Waals surface area contributed by atoms with Gasteiger partial charge in [0.2, 0.25) is 0 Å². The van der Waals surface area contributed by atoms with Gasteiger partial charge in [0.25, 0.3) is 0 Å². The Kier molecular flexibility index (Phi) is 2.61. The number of anilines is 2. The molecule has 5 heteroatoms. The van der Waals surface area contributed by atoms with Gasteiger partial charge in [-0.25, -0.2) is 9.37 Å². The Hall–Kier alpha value is -1.93. The van der Waals surface area contributed by atoms with Crippen molar-refractivity contribution in [1.82, 2.24) is 4.98 Å². The Morgan fingerprint density at radius 3 is 3.07 bits per heavy atom. The maximum atomic E-state index is 12.9. The van der Waals surface area contributed by atoms with Crippen molar-refractivity contribution in [1.29, 1.82) is 5.26 Å². The largest absolute Gasteiger partial charge is 0.338 e. The molecule has 1 heterocycles. The fourth-order valence-electron chi connectivity index (χ4n) is 1.12. The van der Waals surface area contributed by atoms with Crippen LogP contribution in [0.2, 0.25) is 0 Å². The standard InChI is InChI=1S/C10H6FN3S/c11-7-2-1-3-8(4-7)14-10-9(5-12)15-6-13-10/h1-4,6,14H. The molecule has 0 unspecified atom stereocenters. The van der Waals surface area contributed by atoms with Gasteiger partial charge in [-0.05, 0) is 18.2 Å². The van der Waals surface area contributed by atoms with Crippen LogP contribution in [0.15, 0.2) is 29.8 Å². The van der Waals surface area contributed by atoms with Gasteiger partial charge in [-0.2, -0.15) is 5.26 Å². The van der Waals surface area contributed by atoms with Crippen molar-refractivity contribution in [3.63, 3.8) is 0 Å². The van der Waals surface area contributed by atoms with Crippen LogP contribution in [0, 0.1) is 17.1 Å². The normalized spacial score (nSPS) is 9.60. The number of nitrogens with zero attached hydrogens (tertiary/aromatic N) is 2. The molecule has 0 radical (unpaired) electrons. The van der Waals surface area contributed by atoms with Crippen molar-refractivity contribution >= 4 is 22.8 Å². The molecule has 0 fully saturated rings. The minimum Gasteiger partial charge on any atom is -0.338 e. The van der Waals surface area contributed by atoms with Gasteiger partial charge in [-0.1, -0.05) is 6.07 Å². The van der Waals surface area contributed by atoms with Gasteiger partial charge in [0, 0.05) is 5.69 Å². The highest BCUT2D eigenvalue weighted by Gasteiger charge is 2.05. The van der Waals surface area contributed by atoms with Crippen molar-refractivity contribution in [2.24, 2.45) is 0 Å². The number of nitriles is 1. The van der Waals surface area contributed by atoms with E-state index in [4.69, 9.17) is 5.26 Å². The van der Waals surface area contributed by atoms with Crippen LogP contribution in [0.25, 0.3) is 0 Å². The smallest absolute Gasteiger partial charge is 0.159 e. The van der Waals surface area contributed by atoms with Crippen LogP contribution < -0.4 is 5.32 Å². The molecular weight excluding hydrogens is 213 g/mol. The summed E-state index contributed by atoms with van der Waals surface area (Å²) in [4.78, 5) is 4.46. The SMILES string of the molecule is N#Cc1scnc1Nc1cccc(F)c1. The van der Waals surface area contributed by atoms with Gasteiger partial charge in [0.15, 0.2) is 5.82 Å². The second-order valence-corrected chi connectivity index (χ2v) is 3.63. The summed E-state index contributed by atoms with van der Waals surface area (Å²) in [5.74, 6) is 0.141. The van der Waals surface area contributed by atoms with Crippen LogP contribution in [0.4, 0.5) is 15.9 Å². The molecule has 0 bridgehead atoms. The molecule has 0 spiro atoms. The summed E-state index contributed by atoms with van der Waals surface area (Å²) in [5, 5.41) is 11.6. The second kappa shape index (κ2) is 4.07. The topological polar surface area (TPSA) is 48.7 Å². The van der Waals surface area contributed by atoms with Gasteiger partial charge in [0.1, 0.15) is 16.8 Å². The van der Waals surface area contributed by atoms with E-state index in [9.17, 15) is 4.39 Å². The Morgan fingerprint density at radius 1 is 1.47 bits per heavy atom.